The van der Waals surface area contributed by atoms with Crippen LogP contribution in [0.25, 0.3) is 0 Å². The summed E-state index contributed by atoms with van der Waals surface area (Å²) in [5.41, 5.74) is 5.17. The SMILES string of the molecule is COc1cc(/C=N\NC(=O)CN(c2cccc(Cl)c2)S(=O)(=O)c2ccc(C)cc2)cc(Br)c1OCc1ccccc1. The van der Waals surface area contributed by atoms with Gasteiger partial charge in [-0.05, 0) is 76.4 Å². The molecular weight excluding hydrogens is 630 g/mol. The molecule has 0 aliphatic carbocycles. The molecule has 11 heteroatoms. The van der Waals surface area contributed by atoms with Crippen molar-refractivity contribution in [2.24, 2.45) is 5.10 Å². The number of sulfonamides is 1. The smallest absolute Gasteiger partial charge is 0.264 e. The van der Waals surface area contributed by atoms with Crippen molar-refractivity contribution in [1.29, 1.82) is 0 Å². The molecule has 0 spiro atoms. The van der Waals surface area contributed by atoms with Gasteiger partial charge in [0.25, 0.3) is 15.9 Å². The van der Waals surface area contributed by atoms with Gasteiger partial charge in [-0.15, -0.1) is 0 Å². The predicted molar refractivity (Wildman–Crippen MR) is 164 cm³/mol. The second-order valence-electron chi connectivity index (χ2n) is 8.91. The molecule has 0 saturated carbocycles. The van der Waals surface area contributed by atoms with Crippen LogP contribution in [0.5, 0.6) is 11.5 Å². The first-order chi connectivity index (χ1) is 19.7. The maximum Gasteiger partial charge on any atom is 0.264 e. The summed E-state index contributed by atoms with van der Waals surface area (Å²) in [6.45, 7) is 1.69. The van der Waals surface area contributed by atoms with E-state index in [-0.39, 0.29) is 10.6 Å². The summed E-state index contributed by atoms with van der Waals surface area (Å²) >= 11 is 9.63. The number of hydrogen-bond donors (Lipinski definition) is 1. The zero-order chi connectivity index (χ0) is 29.4. The average molecular weight is 657 g/mol. The Hall–Kier alpha value is -3.86. The van der Waals surface area contributed by atoms with Crippen LogP contribution in [-0.4, -0.2) is 34.2 Å². The number of halogens is 2. The van der Waals surface area contributed by atoms with Crippen molar-refractivity contribution in [3.8, 4) is 11.5 Å². The monoisotopic (exact) mass is 655 g/mol. The summed E-state index contributed by atoms with van der Waals surface area (Å²) in [6.07, 6.45) is 1.42. The molecule has 0 bridgehead atoms. The lowest BCUT2D eigenvalue weighted by atomic mass is 10.2. The zero-order valence-corrected chi connectivity index (χ0v) is 25.4. The van der Waals surface area contributed by atoms with Crippen LogP contribution in [0.4, 0.5) is 5.69 Å². The number of benzene rings is 4. The third kappa shape index (κ3) is 7.87. The number of methoxy groups -OCH3 is 1. The lowest BCUT2D eigenvalue weighted by Crippen LogP contribution is -2.39. The minimum atomic E-state index is -4.08. The molecule has 0 unspecified atom stereocenters. The normalized spacial score (nSPS) is 11.3. The number of anilines is 1. The Balaban J connectivity index is 1.49. The van der Waals surface area contributed by atoms with E-state index in [0.717, 1.165) is 15.4 Å². The molecule has 0 radical (unpaired) electrons. The van der Waals surface area contributed by atoms with Gasteiger partial charge in [0.2, 0.25) is 0 Å². The van der Waals surface area contributed by atoms with E-state index in [1.807, 2.05) is 37.3 Å². The number of hydrazone groups is 1. The lowest BCUT2D eigenvalue weighted by molar-refractivity contribution is -0.119. The Morgan fingerprint density at radius 1 is 1.02 bits per heavy atom. The molecule has 4 aromatic rings. The molecule has 8 nitrogen and oxygen atoms in total. The third-order valence-corrected chi connectivity index (χ3v) is 8.49. The Kier molecular flexibility index (Phi) is 10.0. The van der Waals surface area contributed by atoms with Crippen molar-refractivity contribution in [2.75, 3.05) is 18.0 Å². The van der Waals surface area contributed by atoms with E-state index >= 15 is 0 Å². The third-order valence-electron chi connectivity index (χ3n) is 5.87. The number of nitrogens with one attached hydrogen (secondary N) is 1. The number of ether oxygens (including phenoxy) is 2. The predicted octanol–water partition coefficient (Wildman–Crippen LogP) is 6.34. The molecule has 0 fully saturated rings. The number of hydrogen-bond acceptors (Lipinski definition) is 6. The minimum absolute atomic E-state index is 0.0471. The van der Waals surface area contributed by atoms with E-state index in [4.69, 9.17) is 21.1 Å². The number of amides is 1. The van der Waals surface area contributed by atoms with Crippen molar-refractivity contribution in [3.05, 3.63) is 117 Å². The minimum Gasteiger partial charge on any atom is -0.493 e. The van der Waals surface area contributed by atoms with Gasteiger partial charge in [0.05, 0.1) is 28.4 Å². The largest absolute Gasteiger partial charge is 0.493 e. The Labute approximate surface area is 252 Å². The van der Waals surface area contributed by atoms with Gasteiger partial charge < -0.3 is 9.47 Å². The van der Waals surface area contributed by atoms with Crippen molar-refractivity contribution in [1.82, 2.24) is 5.43 Å². The number of rotatable bonds is 11. The van der Waals surface area contributed by atoms with E-state index in [9.17, 15) is 13.2 Å². The molecule has 0 atom stereocenters. The molecule has 4 aromatic carbocycles. The summed E-state index contributed by atoms with van der Waals surface area (Å²) in [5, 5.41) is 4.36. The lowest BCUT2D eigenvalue weighted by Gasteiger charge is -2.24. The highest BCUT2D eigenvalue weighted by Gasteiger charge is 2.27. The van der Waals surface area contributed by atoms with E-state index in [1.54, 1.807) is 42.5 Å². The van der Waals surface area contributed by atoms with Gasteiger partial charge in [0.15, 0.2) is 11.5 Å². The fraction of sp³-hybridized carbons (Fsp3) is 0.133. The maximum atomic E-state index is 13.5. The Bertz CT molecular complexity index is 1650. The standard InChI is InChI=1S/C30H27BrClN3O5S/c1-21-11-13-26(14-12-21)41(37,38)35(25-10-6-9-24(32)17-25)19-29(36)34-33-18-23-15-27(31)30(28(16-23)39-2)40-20-22-7-4-3-5-8-22/h3-18H,19-20H2,1-2H3,(H,34,36)/b33-18-. The number of carbonyl (C=O) groups is 1. The molecule has 0 aliphatic heterocycles. The average Bonchev–Trinajstić information content (AvgIpc) is 2.95. The molecule has 212 valence electrons. The number of carbonyl (C=O) groups excluding carboxylic acids is 1. The van der Waals surface area contributed by atoms with Crippen LogP contribution in [0.1, 0.15) is 16.7 Å². The summed E-state index contributed by atoms with van der Waals surface area (Å²) in [6, 6.07) is 25.9. The van der Waals surface area contributed by atoms with E-state index in [2.05, 4.69) is 26.5 Å². The number of nitrogens with zero attached hydrogens (tertiary/aromatic N) is 2. The van der Waals surface area contributed by atoms with Crippen molar-refractivity contribution < 1.29 is 22.7 Å². The first kappa shape index (κ1) is 30.1. The molecule has 4 rings (SSSR count). The Morgan fingerprint density at radius 3 is 2.44 bits per heavy atom. The number of aryl methyl sites for hydroxylation is 1. The topological polar surface area (TPSA) is 97.3 Å². The van der Waals surface area contributed by atoms with Gasteiger partial charge in [-0.3, -0.25) is 9.10 Å². The quantitative estimate of drug-likeness (QED) is 0.150. The van der Waals surface area contributed by atoms with Crippen molar-refractivity contribution in [3.63, 3.8) is 0 Å². The molecule has 0 aromatic heterocycles. The van der Waals surface area contributed by atoms with Gasteiger partial charge in [-0.25, -0.2) is 13.8 Å². The van der Waals surface area contributed by atoms with Gasteiger partial charge in [0.1, 0.15) is 13.2 Å². The van der Waals surface area contributed by atoms with E-state index in [1.165, 1.54) is 31.5 Å². The second-order valence-corrected chi connectivity index (χ2v) is 12.1. The second kappa shape index (κ2) is 13.7. The van der Waals surface area contributed by atoms with Crippen LogP contribution in [-0.2, 0) is 21.4 Å². The summed E-state index contributed by atoms with van der Waals surface area (Å²) in [5.74, 6) is 0.348. The summed E-state index contributed by atoms with van der Waals surface area (Å²) < 4.78 is 40.1. The molecule has 1 amide bonds. The molecule has 0 saturated heterocycles. The highest BCUT2D eigenvalue weighted by atomic mass is 79.9. The van der Waals surface area contributed by atoms with Crippen LogP contribution in [0.15, 0.2) is 105 Å². The highest BCUT2D eigenvalue weighted by Crippen LogP contribution is 2.37. The van der Waals surface area contributed by atoms with Crippen LogP contribution in [0.3, 0.4) is 0 Å². The summed E-state index contributed by atoms with van der Waals surface area (Å²) in [7, 11) is -2.55. The maximum absolute atomic E-state index is 13.5. The van der Waals surface area contributed by atoms with Crippen molar-refractivity contribution in [2.45, 2.75) is 18.4 Å². The molecule has 0 aliphatic rings. The fourth-order valence-electron chi connectivity index (χ4n) is 3.81. The van der Waals surface area contributed by atoms with E-state index in [0.29, 0.717) is 33.2 Å². The molecule has 0 heterocycles. The van der Waals surface area contributed by atoms with Crippen LogP contribution in [0.2, 0.25) is 5.02 Å². The van der Waals surface area contributed by atoms with Gasteiger partial charge in [-0.1, -0.05) is 65.7 Å². The van der Waals surface area contributed by atoms with Crippen LogP contribution in [0, 0.1) is 6.92 Å². The highest BCUT2D eigenvalue weighted by molar-refractivity contribution is 9.10. The molecule has 41 heavy (non-hydrogen) atoms. The van der Waals surface area contributed by atoms with Gasteiger partial charge >= 0.3 is 0 Å². The van der Waals surface area contributed by atoms with Crippen LogP contribution >= 0.6 is 27.5 Å². The van der Waals surface area contributed by atoms with Gasteiger partial charge in [0, 0.05) is 5.02 Å². The zero-order valence-electron chi connectivity index (χ0n) is 22.3. The van der Waals surface area contributed by atoms with E-state index < -0.39 is 22.5 Å². The van der Waals surface area contributed by atoms with Gasteiger partial charge in [-0.2, -0.15) is 5.10 Å². The van der Waals surface area contributed by atoms with Crippen molar-refractivity contribution >= 4 is 55.4 Å². The first-order valence-electron chi connectivity index (χ1n) is 12.4. The molecular formula is C30H27BrClN3O5S. The summed E-state index contributed by atoms with van der Waals surface area (Å²) in [4.78, 5) is 12.9. The first-order valence-corrected chi connectivity index (χ1v) is 15.0. The fourth-order valence-corrected chi connectivity index (χ4v) is 5.98. The Morgan fingerprint density at radius 2 is 1.76 bits per heavy atom. The van der Waals surface area contributed by atoms with Crippen LogP contribution < -0.4 is 19.2 Å². The molecule has 1 N–H and O–H groups in total.